The molecule has 0 saturated heterocycles. The van der Waals surface area contributed by atoms with Gasteiger partial charge in [0.2, 0.25) is 0 Å². The van der Waals surface area contributed by atoms with Gasteiger partial charge in [-0.15, -0.1) is 0 Å². The lowest BCUT2D eigenvalue weighted by Crippen LogP contribution is -2.05. The Kier molecular flexibility index (Phi) is 5.94. The highest BCUT2D eigenvalue weighted by Crippen LogP contribution is 2.23. The second-order valence-corrected chi connectivity index (χ2v) is 7.14. The van der Waals surface area contributed by atoms with Crippen molar-refractivity contribution in [3.8, 4) is 22.4 Å². The molecule has 0 radical (unpaired) electrons. The van der Waals surface area contributed by atoms with Crippen LogP contribution in [0.5, 0.6) is 0 Å². The van der Waals surface area contributed by atoms with Gasteiger partial charge in [-0.25, -0.2) is 0 Å². The third-order valence-electron chi connectivity index (χ3n) is 4.94. The summed E-state index contributed by atoms with van der Waals surface area (Å²) in [7, 11) is 0. The number of hydrogen-bond acceptors (Lipinski definition) is 6. The summed E-state index contributed by atoms with van der Waals surface area (Å²) in [5.74, 6) is 0.201. The minimum atomic E-state index is 0.201. The van der Waals surface area contributed by atoms with Crippen LogP contribution in [-0.2, 0) is 17.6 Å². The third kappa shape index (κ3) is 4.78. The van der Waals surface area contributed by atoms with E-state index in [1.54, 1.807) is 24.8 Å². The van der Waals surface area contributed by atoms with Crippen molar-refractivity contribution in [2.24, 2.45) is 0 Å². The van der Waals surface area contributed by atoms with Crippen LogP contribution >= 0.6 is 0 Å². The minimum Gasteiger partial charge on any atom is -0.299 e. The van der Waals surface area contributed by atoms with Crippen LogP contribution in [0.15, 0.2) is 73.3 Å². The maximum Gasteiger partial charge on any atom is 0.137 e. The molecule has 3 heterocycles. The first-order valence-corrected chi connectivity index (χ1v) is 9.80. The van der Waals surface area contributed by atoms with Gasteiger partial charge in [-0.3, -0.25) is 9.78 Å². The van der Waals surface area contributed by atoms with Crippen molar-refractivity contribution in [3.63, 3.8) is 0 Å². The van der Waals surface area contributed by atoms with Gasteiger partial charge in [0, 0.05) is 42.1 Å². The third-order valence-corrected chi connectivity index (χ3v) is 4.94. The average molecular weight is 395 g/mol. The number of nitrogens with zero attached hydrogens (tertiary/aromatic N) is 5. The second-order valence-electron chi connectivity index (χ2n) is 7.14. The number of pyridine rings is 1. The Balaban J connectivity index is 1.34. The molecule has 0 spiro atoms. The number of rotatable bonds is 7. The number of carbonyl (C=O) groups is 1. The lowest BCUT2D eigenvalue weighted by atomic mass is 9.97. The van der Waals surface area contributed by atoms with Crippen LogP contribution in [0, 0.1) is 6.92 Å². The molecule has 1 aromatic carbocycles. The number of benzene rings is 1. The molecular formula is C24H21N5O. The van der Waals surface area contributed by atoms with Crippen LogP contribution in [0.2, 0.25) is 0 Å². The molecule has 0 amide bonds. The Bertz CT molecular complexity index is 1130. The van der Waals surface area contributed by atoms with Crippen LogP contribution in [0.4, 0.5) is 0 Å². The zero-order valence-electron chi connectivity index (χ0n) is 16.7. The van der Waals surface area contributed by atoms with Gasteiger partial charge >= 0.3 is 0 Å². The summed E-state index contributed by atoms with van der Waals surface area (Å²) in [6, 6.07) is 15.7. The SMILES string of the molecule is Cc1cc(CC(=O)CCc2ccc(-c3cccnn3)cn2)ccc1-c1ccnnc1. The van der Waals surface area contributed by atoms with Crippen molar-refractivity contribution in [1.82, 2.24) is 25.4 Å². The van der Waals surface area contributed by atoms with Crippen LogP contribution in [0.25, 0.3) is 22.4 Å². The molecule has 0 saturated carbocycles. The molecule has 0 aliphatic heterocycles. The van der Waals surface area contributed by atoms with Gasteiger partial charge in [-0.05, 0) is 60.4 Å². The van der Waals surface area contributed by atoms with Crippen molar-refractivity contribution in [1.29, 1.82) is 0 Å². The number of aromatic nitrogens is 5. The first kappa shape index (κ1) is 19.5. The van der Waals surface area contributed by atoms with Gasteiger partial charge in [-0.2, -0.15) is 20.4 Å². The van der Waals surface area contributed by atoms with Gasteiger partial charge in [0.15, 0.2) is 0 Å². The van der Waals surface area contributed by atoms with Crippen LogP contribution in [-0.4, -0.2) is 31.2 Å². The molecule has 4 rings (SSSR count). The predicted molar refractivity (Wildman–Crippen MR) is 114 cm³/mol. The molecule has 0 bridgehead atoms. The highest BCUT2D eigenvalue weighted by molar-refractivity contribution is 5.81. The number of Topliss-reactive ketones (excluding diaryl/α,β-unsaturated/α-hetero) is 1. The van der Waals surface area contributed by atoms with Crippen LogP contribution in [0.1, 0.15) is 23.2 Å². The first-order valence-electron chi connectivity index (χ1n) is 9.80. The Hall–Kier alpha value is -3.80. The topological polar surface area (TPSA) is 81.5 Å². The Labute approximate surface area is 175 Å². The van der Waals surface area contributed by atoms with E-state index >= 15 is 0 Å². The van der Waals surface area contributed by atoms with Crippen LogP contribution < -0.4 is 0 Å². The summed E-state index contributed by atoms with van der Waals surface area (Å²) < 4.78 is 0. The molecule has 0 unspecified atom stereocenters. The lowest BCUT2D eigenvalue weighted by molar-refractivity contribution is -0.118. The normalized spacial score (nSPS) is 10.7. The van der Waals surface area contributed by atoms with Crippen molar-refractivity contribution in [2.75, 3.05) is 0 Å². The fourth-order valence-corrected chi connectivity index (χ4v) is 3.37. The molecule has 0 fully saturated rings. The van der Waals surface area contributed by atoms with Gasteiger partial charge in [0.1, 0.15) is 5.78 Å². The second kappa shape index (κ2) is 9.13. The fourth-order valence-electron chi connectivity index (χ4n) is 3.37. The van der Waals surface area contributed by atoms with Crippen LogP contribution in [0.3, 0.4) is 0 Å². The summed E-state index contributed by atoms with van der Waals surface area (Å²) in [5, 5.41) is 15.7. The smallest absolute Gasteiger partial charge is 0.137 e. The highest BCUT2D eigenvalue weighted by atomic mass is 16.1. The van der Waals surface area contributed by atoms with Crippen molar-refractivity contribution >= 4 is 5.78 Å². The molecule has 0 aliphatic carbocycles. The van der Waals surface area contributed by atoms with E-state index in [9.17, 15) is 4.79 Å². The zero-order chi connectivity index (χ0) is 20.8. The predicted octanol–water partition coefficient (Wildman–Crippen LogP) is 4.05. The molecule has 148 valence electrons. The molecule has 30 heavy (non-hydrogen) atoms. The molecule has 0 aliphatic rings. The monoisotopic (exact) mass is 395 g/mol. The Morgan fingerprint density at radius 1 is 0.900 bits per heavy atom. The van der Waals surface area contributed by atoms with Crippen molar-refractivity contribution in [3.05, 3.63) is 90.1 Å². The summed E-state index contributed by atoms with van der Waals surface area (Å²) in [5.41, 5.74) is 6.87. The molecule has 6 heteroatoms. The van der Waals surface area contributed by atoms with E-state index in [-0.39, 0.29) is 5.78 Å². The quantitative estimate of drug-likeness (QED) is 0.470. The van der Waals surface area contributed by atoms with E-state index < -0.39 is 0 Å². The average Bonchev–Trinajstić information content (AvgIpc) is 2.79. The summed E-state index contributed by atoms with van der Waals surface area (Å²) in [6.07, 6.45) is 8.36. The van der Waals surface area contributed by atoms with Gasteiger partial charge in [0.25, 0.3) is 0 Å². The largest absolute Gasteiger partial charge is 0.299 e. The van der Waals surface area contributed by atoms with E-state index in [0.29, 0.717) is 19.3 Å². The van der Waals surface area contributed by atoms with E-state index in [4.69, 9.17) is 0 Å². The number of aryl methyl sites for hydroxylation is 2. The van der Waals surface area contributed by atoms with Gasteiger partial charge < -0.3 is 0 Å². The summed E-state index contributed by atoms with van der Waals surface area (Å²) in [6.45, 7) is 2.05. The zero-order valence-corrected chi connectivity index (χ0v) is 16.7. The molecule has 3 aromatic heterocycles. The lowest BCUT2D eigenvalue weighted by Gasteiger charge is -2.08. The maximum atomic E-state index is 12.5. The van der Waals surface area contributed by atoms with Gasteiger partial charge in [-0.1, -0.05) is 18.2 Å². The van der Waals surface area contributed by atoms with E-state index in [2.05, 4.69) is 31.4 Å². The number of hydrogen-bond donors (Lipinski definition) is 0. The van der Waals surface area contributed by atoms with E-state index in [1.807, 2.05) is 49.4 Å². The van der Waals surface area contributed by atoms with Crippen molar-refractivity contribution in [2.45, 2.75) is 26.2 Å². The molecule has 0 atom stereocenters. The molecule has 6 nitrogen and oxygen atoms in total. The Morgan fingerprint density at radius 3 is 2.53 bits per heavy atom. The van der Waals surface area contributed by atoms with E-state index in [0.717, 1.165) is 39.2 Å². The number of ketones is 1. The summed E-state index contributed by atoms with van der Waals surface area (Å²) in [4.78, 5) is 16.9. The van der Waals surface area contributed by atoms with E-state index in [1.165, 1.54) is 0 Å². The fraction of sp³-hybridized carbons (Fsp3) is 0.167. The van der Waals surface area contributed by atoms with Crippen molar-refractivity contribution < 1.29 is 4.79 Å². The molecule has 4 aromatic rings. The standard InChI is InChI=1S/C24H21N5O/c1-17-13-18(4-9-23(17)19-10-12-26-28-16-19)14-22(30)8-7-21-6-5-20(15-25-21)24-3-2-11-27-29-24/h2-6,9-13,15-16H,7-8,14H2,1H3. The minimum absolute atomic E-state index is 0.201. The molecule has 0 N–H and O–H groups in total. The highest BCUT2D eigenvalue weighted by Gasteiger charge is 2.09. The first-order chi connectivity index (χ1) is 14.7. The van der Waals surface area contributed by atoms with Gasteiger partial charge in [0.05, 0.1) is 18.1 Å². The summed E-state index contributed by atoms with van der Waals surface area (Å²) >= 11 is 0. The maximum absolute atomic E-state index is 12.5. The Morgan fingerprint density at radius 2 is 1.83 bits per heavy atom. The molecular weight excluding hydrogens is 374 g/mol. The number of carbonyl (C=O) groups excluding carboxylic acids is 1.